The predicted octanol–water partition coefficient (Wildman–Crippen LogP) is 2.32. The molecule has 0 aliphatic heterocycles. The fourth-order valence-electron chi connectivity index (χ4n) is 2.15. The van der Waals surface area contributed by atoms with E-state index in [2.05, 4.69) is 21.3 Å². The van der Waals surface area contributed by atoms with Crippen molar-refractivity contribution in [2.45, 2.75) is 17.4 Å². The highest BCUT2D eigenvalue weighted by atomic mass is 32.2. The Bertz CT molecular complexity index is 948. The molecule has 0 saturated carbocycles. The number of amides is 1. The molecule has 3 aromatic rings. The topological polar surface area (TPSA) is 119 Å². The number of nitriles is 1. The second kappa shape index (κ2) is 7.59. The van der Waals surface area contributed by atoms with E-state index in [1.165, 1.54) is 11.8 Å². The largest absolute Gasteiger partial charge is 0.411 e. The zero-order valence-corrected chi connectivity index (χ0v) is 13.9. The smallest absolute Gasteiger partial charge is 0.277 e. The lowest BCUT2D eigenvalue weighted by Gasteiger charge is -1.99. The normalized spacial score (nSPS) is 10.4. The van der Waals surface area contributed by atoms with Crippen LogP contribution in [0.1, 0.15) is 16.8 Å². The lowest BCUT2D eigenvalue weighted by molar-refractivity contribution is -0.117. The summed E-state index contributed by atoms with van der Waals surface area (Å²) in [5.41, 5.74) is 8.01. The third kappa shape index (κ3) is 4.43. The number of pyridine rings is 1. The van der Waals surface area contributed by atoms with Crippen molar-refractivity contribution in [3.63, 3.8) is 0 Å². The molecule has 3 rings (SSSR count). The van der Waals surface area contributed by atoms with E-state index < -0.39 is 5.91 Å². The van der Waals surface area contributed by atoms with Gasteiger partial charge in [-0.1, -0.05) is 23.9 Å². The number of rotatable bonds is 6. The molecule has 0 bridgehead atoms. The van der Waals surface area contributed by atoms with Gasteiger partial charge < -0.3 is 10.2 Å². The van der Waals surface area contributed by atoms with Gasteiger partial charge in [0, 0.05) is 17.5 Å². The predicted molar refractivity (Wildman–Crippen MR) is 91.1 cm³/mol. The average Bonchev–Trinajstić information content (AvgIpc) is 3.09. The molecule has 0 radical (unpaired) electrons. The van der Waals surface area contributed by atoms with Gasteiger partial charge in [0.1, 0.15) is 0 Å². The van der Waals surface area contributed by atoms with Crippen molar-refractivity contribution in [2.75, 3.05) is 0 Å². The second-order valence-electron chi connectivity index (χ2n) is 5.15. The molecule has 0 saturated heterocycles. The van der Waals surface area contributed by atoms with Crippen molar-refractivity contribution in [3.05, 3.63) is 59.4 Å². The van der Waals surface area contributed by atoms with Crippen LogP contribution in [0.5, 0.6) is 0 Å². The third-order valence-corrected chi connectivity index (χ3v) is 4.13. The summed E-state index contributed by atoms with van der Waals surface area (Å²) in [5.74, 6) is 0.507. The van der Waals surface area contributed by atoms with Gasteiger partial charge in [0.05, 0.1) is 23.7 Å². The molecular formula is C17H13N5O2S. The Kier molecular flexibility index (Phi) is 5.06. The minimum Gasteiger partial charge on any atom is -0.411 e. The number of aromatic nitrogens is 3. The molecule has 2 aromatic heterocycles. The number of carbonyl (C=O) groups excluding carboxylic acids is 1. The maximum atomic E-state index is 11.0. The van der Waals surface area contributed by atoms with Gasteiger partial charge in [0.2, 0.25) is 11.8 Å². The lowest BCUT2D eigenvalue weighted by atomic mass is 10.2. The molecule has 0 spiro atoms. The zero-order valence-electron chi connectivity index (χ0n) is 13.0. The standard InChI is InChI=1S/C17H13N5O2S/c18-9-11-2-1-3-12(6-11)10-25-17-22-21-16(24-17)13-4-5-20-14(7-13)8-15(19)23/h1-7H,8,10H2,(H2,19,23). The Morgan fingerprint density at radius 3 is 2.96 bits per heavy atom. The summed E-state index contributed by atoms with van der Waals surface area (Å²) in [6.07, 6.45) is 1.62. The van der Waals surface area contributed by atoms with Gasteiger partial charge in [-0.25, -0.2) is 0 Å². The summed E-state index contributed by atoms with van der Waals surface area (Å²) in [6.45, 7) is 0. The molecule has 0 aliphatic rings. The Morgan fingerprint density at radius 1 is 1.28 bits per heavy atom. The molecule has 2 N–H and O–H groups in total. The van der Waals surface area contributed by atoms with Gasteiger partial charge in [0.25, 0.3) is 5.22 Å². The van der Waals surface area contributed by atoms with Crippen LogP contribution in [-0.2, 0) is 17.0 Å². The van der Waals surface area contributed by atoms with E-state index in [-0.39, 0.29) is 6.42 Å². The van der Waals surface area contributed by atoms with E-state index in [9.17, 15) is 4.79 Å². The van der Waals surface area contributed by atoms with Crippen LogP contribution in [-0.4, -0.2) is 21.1 Å². The first-order valence-corrected chi connectivity index (χ1v) is 8.31. The minimum absolute atomic E-state index is 0.0544. The molecular weight excluding hydrogens is 338 g/mol. The van der Waals surface area contributed by atoms with Gasteiger partial charge in [-0.15, -0.1) is 10.2 Å². The molecule has 2 heterocycles. The molecule has 25 heavy (non-hydrogen) atoms. The maximum Gasteiger partial charge on any atom is 0.277 e. The van der Waals surface area contributed by atoms with Gasteiger partial charge >= 0.3 is 0 Å². The number of nitrogens with zero attached hydrogens (tertiary/aromatic N) is 4. The van der Waals surface area contributed by atoms with E-state index in [4.69, 9.17) is 15.4 Å². The van der Waals surface area contributed by atoms with Crippen LogP contribution >= 0.6 is 11.8 Å². The van der Waals surface area contributed by atoms with Crippen LogP contribution in [0.15, 0.2) is 52.2 Å². The van der Waals surface area contributed by atoms with Crippen LogP contribution in [0.3, 0.4) is 0 Å². The number of primary amides is 1. The first-order valence-electron chi connectivity index (χ1n) is 7.33. The number of hydrogen-bond acceptors (Lipinski definition) is 7. The monoisotopic (exact) mass is 351 g/mol. The summed E-state index contributed by atoms with van der Waals surface area (Å²) in [4.78, 5) is 15.1. The summed E-state index contributed by atoms with van der Waals surface area (Å²) >= 11 is 1.38. The summed E-state index contributed by atoms with van der Waals surface area (Å²) in [6, 6.07) is 12.9. The van der Waals surface area contributed by atoms with Crippen molar-refractivity contribution < 1.29 is 9.21 Å². The number of benzene rings is 1. The zero-order chi connectivity index (χ0) is 17.6. The molecule has 0 aliphatic carbocycles. The fourth-order valence-corrected chi connectivity index (χ4v) is 2.85. The van der Waals surface area contributed by atoms with E-state index >= 15 is 0 Å². The number of nitrogens with two attached hydrogens (primary N) is 1. The second-order valence-corrected chi connectivity index (χ2v) is 6.08. The molecule has 0 unspecified atom stereocenters. The van der Waals surface area contributed by atoms with Crippen molar-refractivity contribution >= 4 is 17.7 Å². The van der Waals surface area contributed by atoms with E-state index in [0.29, 0.717) is 33.7 Å². The van der Waals surface area contributed by atoms with E-state index in [1.54, 1.807) is 24.4 Å². The molecule has 7 nitrogen and oxygen atoms in total. The van der Waals surface area contributed by atoms with E-state index in [1.807, 2.05) is 18.2 Å². The quantitative estimate of drug-likeness (QED) is 0.677. The molecule has 1 amide bonds. The van der Waals surface area contributed by atoms with Crippen LogP contribution < -0.4 is 5.73 Å². The minimum atomic E-state index is -0.453. The fraction of sp³-hybridized carbons (Fsp3) is 0.118. The first kappa shape index (κ1) is 16.7. The Hall–Kier alpha value is -3.18. The number of carbonyl (C=O) groups is 1. The lowest BCUT2D eigenvalue weighted by Crippen LogP contribution is -2.14. The van der Waals surface area contributed by atoms with Crippen LogP contribution in [0.4, 0.5) is 0 Å². The average molecular weight is 351 g/mol. The molecule has 8 heteroatoms. The molecule has 1 aromatic carbocycles. The van der Waals surface area contributed by atoms with Crippen LogP contribution in [0, 0.1) is 11.3 Å². The highest BCUT2D eigenvalue weighted by molar-refractivity contribution is 7.98. The maximum absolute atomic E-state index is 11.0. The van der Waals surface area contributed by atoms with Crippen LogP contribution in [0.2, 0.25) is 0 Å². The SMILES string of the molecule is N#Cc1cccc(CSc2nnc(-c3ccnc(CC(N)=O)c3)o2)c1. The van der Waals surface area contributed by atoms with Crippen molar-refractivity contribution in [3.8, 4) is 17.5 Å². The number of thioether (sulfide) groups is 1. The molecule has 0 fully saturated rings. The summed E-state index contributed by atoms with van der Waals surface area (Å²) < 4.78 is 5.64. The summed E-state index contributed by atoms with van der Waals surface area (Å²) in [5, 5.41) is 17.4. The van der Waals surface area contributed by atoms with Gasteiger partial charge in [-0.05, 0) is 29.8 Å². The van der Waals surface area contributed by atoms with Crippen molar-refractivity contribution in [1.82, 2.24) is 15.2 Å². The summed E-state index contributed by atoms with van der Waals surface area (Å²) in [7, 11) is 0. The Labute approximate surface area is 147 Å². The van der Waals surface area contributed by atoms with Crippen LogP contribution in [0.25, 0.3) is 11.5 Å². The van der Waals surface area contributed by atoms with Crippen molar-refractivity contribution in [2.24, 2.45) is 5.73 Å². The van der Waals surface area contributed by atoms with Gasteiger partial charge in [-0.3, -0.25) is 9.78 Å². The van der Waals surface area contributed by atoms with Crippen molar-refractivity contribution in [1.29, 1.82) is 5.26 Å². The Balaban J connectivity index is 1.70. The molecule has 0 atom stereocenters. The van der Waals surface area contributed by atoms with Gasteiger partial charge in [0.15, 0.2) is 0 Å². The molecule has 124 valence electrons. The van der Waals surface area contributed by atoms with Gasteiger partial charge in [-0.2, -0.15) is 5.26 Å². The highest BCUT2D eigenvalue weighted by Gasteiger charge is 2.11. The number of hydrogen-bond donors (Lipinski definition) is 1. The Morgan fingerprint density at radius 2 is 2.16 bits per heavy atom. The first-order chi connectivity index (χ1) is 12.1. The highest BCUT2D eigenvalue weighted by Crippen LogP contribution is 2.26. The van der Waals surface area contributed by atoms with E-state index in [0.717, 1.165) is 5.56 Å². The third-order valence-electron chi connectivity index (χ3n) is 3.24.